The van der Waals surface area contributed by atoms with Gasteiger partial charge in [-0.3, -0.25) is 4.72 Å². The number of hydrogen-bond donors (Lipinski definition) is 1. The molecule has 1 aromatic heterocycles. The van der Waals surface area contributed by atoms with Gasteiger partial charge in [0, 0.05) is 0 Å². The summed E-state index contributed by atoms with van der Waals surface area (Å²) in [4.78, 5) is 7.30. The van der Waals surface area contributed by atoms with E-state index in [1.54, 1.807) is 12.1 Å². The highest BCUT2D eigenvalue weighted by atomic mass is 35.5. The molecule has 0 spiro atoms. The van der Waals surface area contributed by atoms with Crippen molar-refractivity contribution in [3.05, 3.63) is 40.9 Å². The molecule has 0 amide bonds. The van der Waals surface area contributed by atoms with E-state index in [2.05, 4.69) is 14.7 Å². The number of methoxy groups -OCH3 is 1. The van der Waals surface area contributed by atoms with E-state index >= 15 is 0 Å². The van der Waals surface area contributed by atoms with Crippen LogP contribution in [0.5, 0.6) is 5.75 Å². The Bertz CT molecular complexity index is 717. The van der Waals surface area contributed by atoms with Gasteiger partial charge in [-0.2, -0.15) is 0 Å². The number of rotatable bonds is 4. The first kappa shape index (κ1) is 14.8. The van der Waals surface area contributed by atoms with Crippen molar-refractivity contribution >= 4 is 38.9 Å². The van der Waals surface area contributed by atoms with E-state index in [1.165, 1.54) is 19.2 Å². The van der Waals surface area contributed by atoms with Crippen LogP contribution in [-0.4, -0.2) is 25.5 Å². The molecule has 0 bridgehead atoms. The topological polar surface area (TPSA) is 81.2 Å². The van der Waals surface area contributed by atoms with Gasteiger partial charge < -0.3 is 4.74 Å². The summed E-state index contributed by atoms with van der Waals surface area (Å²) in [7, 11) is -2.55. The van der Waals surface area contributed by atoms with Crippen molar-refractivity contribution in [2.24, 2.45) is 0 Å². The second-order valence-electron chi connectivity index (χ2n) is 3.59. The van der Waals surface area contributed by atoms with Crippen molar-refractivity contribution in [2.45, 2.75) is 4.90 Å². The van der Waals surface area contributed by atoms with Crippen LogP contribution >= 0.6 is 23.2 Å². The third-order valence-corrected chi connectivity index (χ3v) is 4.31. The third kappa shape index (κ3) is 2.95. The first-order chi connectivity index (χ1) is 9.45. The van der Waals surface area contributed by atoms with E-state index < -0.39 is 10.0 Å². The lowest BCUT2D eigenvalue weighted by molar-refractivity contribution is 0.403. The van der Waals surface area contributed by atoms with Crippen molar-refractivity contribution < 1.29 is 13.2 Å². The number of sulfonamides is 1. The highest BCUT2D eigenvalue weighted by molar-refractivity contribution is 7.92. The summed E-state index contributed by atoms with van der Waals surface area (Å²) in [6, 6.07) is 6.15. The number of hydrogen-bond acceptors (Lipinski definition) is 5. The van der Waals surface area contributed by atoms with E-state index in [1.807, 2.05) is 0 Å². The van der Waals surface area contributed by atoms with Gasteiger partial charge in [0.25, 0.3) is 10.0 Å². The van der Waals surface area contributed by atoms with Gasteiger partial charge in [0.1, 0.15) is 22.7 Å². The molecule has 0 radical (unpaired) electrons. The molecule has 0 aliphatic heterocycles. The summed E-state index contributed by atoms with van der Waals surface area (Å²) < 4.78 is 31.9. The minimum Gasteiger partial charge on any atom is -0.495 e. The van der Waals surface area contributed by atoms with Crippen molar-refractivity contribution in [3.8, 4) is 5.75 Å². The third-order valence-electron chi connectivity index (χ3n) is 2.35. The Balaban J connectivity index is 2.47. The number of ether oxygens (including phenoxy) is 1. The zero-order valence-corrected chi connectivity index (χ0v) is 12.5. The monoisotopic (exact) mass is 333 g/mol. The van der Waals surface area contributed by atoms with Crippen LogP contribution < -0.4 is 9.46 Å². The summed E-state index contributed by atoms with van der Waals surface area (Å²) in [5.74, 6) is 0.198. The average molecular weight is 334 g/mol. The molecule has 0 fully saturated rings. The molecule has 106 valence electrons. The van der Waals surface area contributed by atoms with Crippen LogP contribution in [0.1, 0.15) is 0 Å². The molecule has 1 heterocycles. The summed E-state index contributed by atoms with van der Waals surface area (Å²) in [6.45, 7) is 0. The molecule has 1 aromatic carbocycles. The summed E-state index contributed by atoms with van der Waals surface area (Å²) in [5, 5.41) is -0.188. The Morgan fingerprint density at radius 3 is 2.35 bits per heavy atom. The molecule has 20 heavy (non-hydrogen) atoms. The molecule has 2 rings (SSSR count). The van der Waals surface area contributed by atoms with Crippen molar-refractivity contribution in [1.29, 1.82) is 0 Å². The van der Waals surface area contributed by atoms with Crippen LogP contribution in [0, 0.1) is 0 Å². The maximum Gasteiger partial charge on any atom is 0.265 e. The largest absolute Gasteiger partial charge is 0.495 e. The number of aromatic nitrogens is 2. The average Bonchev–Trinajstić information content (AvgIpc) is 2.43. The lowest BCUT2D eigenvalue weighted by Gasteiger charge is -2.12. The molecule has 0 atom stereocenters. The van der Waals surface area contributed by atoms with Crippen molar-refractivity contribution in [2.75, 3.05) is 11.8 Å². The van der Waals surface area contributed by atoms with Crippen LogP contribution in [0.3, 0.4) is 0 Å². The normalized spacial score (nSPS) is 11.2. The molecule has 9 heteroatoms. The van der Waals surface area contributed by atoms with Crippen LogP contribution in [-0.2, 0) is 10.0 Å². The number of halogens is 2. The lowest BCUT2D eigenvalue weighted by Crippen LogP contribution is -2.15. The molecule has 0 unspecified atom stereocenters. The Hall–Kier alpha value is -1.57. The predicted molar refractivity (Wildman–Crippen MR) is 75.9 cm³/mol. The molecular formula is C11H9Cl2N3O3S. The van der Waals surface area contributed by atoms with E-state index in [9.17, 15) is 8.42 Å². The van der Waals surface area contributed by atoms with Gasteiger partial charge in [0.05, 0.1) is 7.11 Å². The zero-order valence-electron chi connectivity index (χ0n) is 10.2. The van der Waals surface area contributed by atoms with Gasteiger partial charge in [0.15, 0.2) is 10.3 Å². The van der Waals surface area contributed by atoms with Crippen LogP contribution in [0.25, 0.3) is 0 Å². The molecule has 0 saturated heterocycles. The van der Waals surface area contributed by atoms with Gasteiger partial charge in [-0.1, -0.05) is 35.3 Å². The van der Waals surface area contributed by atoms with Gasteiger partial charge in [-0.25, -0.2) is 18.4 Å². The SMILES string of the molecule is COc1ccccc1S(=O)(=O)Nc1c(Cl)ncnc1Cl. The fourth-order valence-electron chi connectivity index (χ4n) is 1.46. The number of anilines is 1. The van der Waals surface area contributed by atoms with Gasteiger partial charge >= 0.3 is 0 Å². The molecule has 0 aliphatic carbocycles. The number of nitrogens with one attached hydrogen (secondary N) is 1. The minimum atomic E-state index is -3.92. The molecule has 0 saturated carbocycles. The summed E-state index contributed by atoms with van der Waals surface area (Å²) in [6.07, 6.45) is 1.13. The fraction of sp³-hybridized carbons (Fsp3) is 0.0909. The van der Waals surface area contributed by atoms with Crippen molar-refractivity contribution in [1.82, 2.24) is 9.97 Å². The van der Waals surface area contributed by atoms with Crippen molar-refractivity contribution in [3.63, 3.8) is 0 Å². The van der Waals surface area contributed by atoms with E-state index in [-0.39, 0.29) is 26.6 Å². The molecule has 6 nitrogen and oxygen atoms in total. The maximum atomic E-state index is 12.3. The molecule has 0 aliphatic rings. The fourth-order valence-corrected chi connectivity index (χ4v) is 3.23. The number of nitrogens with zero attached hydrogens (tertiary/aromatic N) is 2. The minimum absolute atomic E-state index is 0.0431. The van der Waals surface area contributed by atoms with E-state index in [0.29, 0.717) is 0 Å². The van der Waals surface area contributed by atoms with E-state index in [0.717, 1.165) is 6.33 Å². The number of para-hydroxylation sites is 1. The summed E-state index contributed by atoms with van der Waals surface area (Å²) >= 11 is 11.6. The standard InChI is InChI=1S/C11H9Cl2N3O3S/c1-19-7-4-2-3-5-8(7)20(17,18)16-9-10(12)14-6-15-11(9)13/h2-6,16H,1H3. The van der Waals surface area contributed by atoms with E-state index in [4.69, 9.17) is 27.9 Å². The van der Waals surface area contributed by atoms with Gasteiger partial charge in [-0.05, 0) is 12.1 Å². The molecule has 1 N–H and O–H groups in total. The Labute approximate surface area is 125 Å². The second-order valence-corrected chi connectivity index (χ2v) is 5.95. The van der Waals surface area contributed by atoms with Crippen LogP contribution in [0.4, 0.5) is 5.69 Å². The highest BCUT2D eigenvalue weighted by Gasteiger charge is 2.22. The Morgan fingerprint density at radius 1 is 1.15 bits per heavy atom. The first-order valence-electron chi connectivity index (χ1n) is 5.27. The zero-order chi connectivity index (χ0) is 14.8. The van der Waals surface area contributed by atoms with Gasteiger partial charge in [0.2, 0.25) is 0 Å². The Morgan fingerprint density at radius 2 is 1.75 bits per heavy atom. The molecule has 2 aromatic rings. The van der Waals surface area contributed by atoms with Crippen LogP contribution in [0.15, 0.2) is 35.5 Å². The first-order valence-corrected chi connectivity index (χ1v) is 7.51. The quantitative estimate of drug-likeness (QED) is 0.869. The predicted octanol–water partition coefficient (Wildman–Crippen LogP) is 2.59. The highest BCUT2D eigenvalue weighted by Crippen LogP contribution is 2.30. The van der Waals surface area contributed by atoms with Crippen LogP contribution in [0.2, 0.25) is 10.3 Å². The lowest BCUT2D eigenvalue weighted by atomic mass is 10.3. The molecular weight excluding hydrogens is 325 g/mol. The van der Waals surface area contributed by atoms with Gasteiger partial charge in [-0.15, -0.1) is 0 Å². The number of benzene rings is 1. The Kier molecular flexibility index (Phi) is 4.32. The maximum absolute atomic E-state index is 12.3. The summed E-state index contributed by atoms with van der Waals surface area (Å²) in [5.41, 5.74) is -0.0817. The second kappa shape index (κ2) is 5.82. The smallest absolute Gasteiger partial charge is 0.265 e.